The number of nitrogens with one attached hydrogen (secondary N) is 1. The van der Waals surface area contributed by atoms with E-state index in [0.717, 1.165) is 0 Å². The minimum atomic E-state index is -0.577. The van der Waals surface area contributed by atoms with Crippen LogP contribution in [0.5, 0.6) is 11.5 Å². The summed E-state index contributed by atoms with van der Waals surface area (Å²) in [5.74, 6) is 0.810. The molecule has 0 aromatic heterocycles. The Morgan fingerprint density at radius 1 is 1.29 bits per heavy atom. The van der Waals surface area contributed by atoms with Crippen LogP contribution in [-0.4, -0.2) is 26.9 Å². The second-order valence-corrected chi connectivity index (χ2v) is 3.47. The number of rotatable bonds is 4. The van der Waals surface area contributed by atoms with Crippen LogP contribution in [0.4, 0.5) is 10.5 Å². The predicted octanol–water partition coefficient (Wildman–Crippen LogP) is 2.93. The van der Waals surface area contributed by atoms with Gasteiger partial charge in [-0.2, -0.15) is 0 Å². The summed E-state index contributed by atoms with van der Waals surface area (Å²) in [7, 11) is 2.95. The van der Waals surface area contributed by atoms with Gasteiger partial charge >= 0.3 is 6.09 Å². The molecule has 0 aliphatic rings. The minimum absolute atomic E-state index is 0.282. The summed E-state index contributed by atoms with van der Waals surface area (Å²) in [6.07, 6.45) is -0.577. The summed E-state index contributed by atoms with van der Waals surface area (Å²) in [4.78, 5) is 11.4. The van der Waals surface area contributed by atoms with E-state index in [1.54, 1.807) is 19.1 Å². The van der Waals surface area contributed by atoms with Crippen molar-refractivity contribution in [1.29, 1.82) is 0 Å². The molecule has 0 unspecified atom stereocenters. The minimum Gasteiger partial charge on any atom is -0.494 e. The number of hydrogen-bond donors (Lipinski definition) is 1. The molecule has 0 aliphatic carbocycles. The summed E-state index contributed by atoms with van der Waals surface area (Å²) in [5, 5.41) is 2.99. The average Bonchev–Trinajstić information content (AvgIpc) is 2.31. The standard InChI is InChI=1S/C11H14ClNO4/c1-4-17-11(14)13-10-8(15-2)5-7(12)6-9(10)16-3/h5-6H,4H2,1-3H3,(H,13,14). The van der Waals surface area contributed by atoms with Crippen LogP contribution in [0.15, 0.2) is 12.1 Å². The Balaban J connectivity index is 3.06. The lowest BCUT2D eigenvalue weighted by Gasteiger charge is -2.14. The van der Waals surface area contributed by atoms with Gasteiger partial charge in [0.05, 0.1) is 20.8 Å². The Kier molecular flexibility index (Phi) is 4.90. The zero-order chi connectivity index (χ0) is 12.8. The molecule has 1 amide bonds. The fraction of sp³-hybridized carbons (Fsp3) is 0.364. The highest BCUT2D eigenvalue weighted by Crippen LogP contribution is 2.37. The van der Waals surface area contributed by atoms with Crippen molar-refractivity contribution in [2.75, 3.05) is 26.1 Å². The van der Waals surface area contributed by atoms with Crippen LogP contribution in [-0.2, 0) is 4.74 Å². The van der Waals surface area contributed by atoms with Crippen molar-refractivity contribution in [2.45, 2.75) is 6.92 Å². The molecule has 1 aromatic rings. The number of ether oxygens (including phenoxy) is 3. The van der Waals surface area contributed by atoms with Crippen molar-refractivity contribution in [3.63, 3.8) is 0 Å². The van der Waals surface area contributed by atoms with Crippen molar-refractivity contribution in [2.24, 2.45) is 0 Å². The van der Waals surface area contributed by atoms with Gasteiger partial charge < -0.3 is 14.2 Å². The van der Waals surface area contributed by atoms with Gasteiger partial charge in [-0.05, 0) is 6.92 Å². The molecule has 1 aromatic carbocycles. The maximum absolute atomic E-state index is 11.4. The smallest absolute Gasteiger partial charge is 0.411 e. The molecule has 94 valence electrons. The summed E-state index contributed by atoms with van der Waals surface area (Å²) >= 11 is 5.87. The molecule has 0 bridgehead atoms. The van der Waals surface area contributed by atoms with Crippen LogP contribution in [0.3, 0.4) is 0 Å². The highest BCUT2D eigenvalue weighted by atomic mass is 35.5. The van der Waals surface area contributed by atoms with Gasteiger partial charge in [-0.25, -0.2) is 4.79 Å². The number of carbonyl (C=O) groups excluding carboxylic acids is 1. The third-order valence-corrected chi connectivity index (χ3v) is 2.19. The number of halogens is 1. The summed E-state index contributed by atoms with van der Waals surface area (Å²) < 4.78 is 15.0. The predicted molar refractivity (Wildman–Crippen MR) is 65.2 cm³/mol. The maximum atomic E-state index is 11.4. The first kappa shape index (κ1) is 13.4. The van der Waals surface area contributed by atoms with Gasteiger partial charge in [-0.3, -0.25) is 5.32 Å². The lowest BCUT2D eigenvalue weighted by atomic mass is 10.2. The molecule has 0 spiro atoms. The number of anilines is 1. The fourth-order valence-corrected chi connectivity index (χ4v) is 1.47. The normalized spacial score (nSPS) is 9.65. The number of methoxy groups -OCH3 is 2. The van der Waals surface area contributed by atoms with Gasteiger partial charge in [0.25, 0.3) is 0 Å². The van der Waals surface area contributed by atoms with E-state index in [4.69, 9.17) is 25.8 Å². The zero-order valence-electron chi connectivity index (χ0n) is 9.87. The van der Waals surface area contributed by atoms with Crippen molar-refractivity contribution in [3.8, 4) is 11.5 Å². The fourth-order valence-electron chi connectivity index (χ4n) is 1.27. The summed E-state index contributed by atoms with van der Waals surface area (Å²) in [5.41, 5.74) is 0.387. The first-order chi connectivity index (χ1) is 8.12. The number of carbonyl (C=O) groups is 1. The molecule has 0 radical (unpaired) electrons. The topological polar surface area (TPSA) is 56.8 Å². The van der Waals surface area contributed by atoms with E-state index in [2.05, 4.69) is 5.32 Å². The molecule has 0 fully saturated rings. The Morgan fingerprint density at radius 2 is 1.82 bits per heavy atom. The quantitative estimate of drug-likeness (QED) is 0.903. The van der Waals surface area contributed by atoms with Crippen LogP contribution in [0.2, 0.25) is 5.02 Å². The Bertz CT molecular complexity index is 383. The molecular formula is C11H14ClNO4. The molecule has 0 saturated heterocycles. The van der Waals surface area contributed by atoms with Gasteiger partial charge in [0.1, 0.15) is 17.2 Å². The van der Waals surface area contributed by atoms with Crippen molar-refractivity contribution >= 4 is 23.4 Å². The highest BCUT2D eigenvalue weighted by molar-refractivity contribution is 6.31. The van der Waals surface area contributed by atoms with Gasteiger partial charge in [0.2, 0.25) is 0 Å². The average molecular weight is 260 g/mol. The first-order valence-corrected chi connectivity index (χ1v) is 5.35. The third-order valence-electron chi connectivity index (χ3n) is 1.97. The maximum Gasteiger partial charge on any atom is 0.411 e. The van der Waals surface area contributed by atoms with Crippen LogP contribution in [0.1, 0.15) is 6.92 Å². The van der Waals surface area contributed by atoms with Gasteiger partial charge in [0.15, 0.2) is 0 Å². The monoisotopic (exact) mass is 259 g/mol. The molecule has 0 atom stereocenters. The summed E-state index contributed by atoms with van der Waals surface area (Å²) in [6.45, 7) is 2.00. The molecule has 1 N–H and O–H groups in total. The number of amides is 1. The van der Waals surface area contributed by atoms with Crippen LogP contribution in [0, 0.1) is 0 Å². The second-order valence-electron chi connectivity index (χ2n) is 3.03. The summed E-state index contributed by atoms with van der Waals surface area (Å²) in [6, 6.07) is 3.15. The van der Waals surface area contributed by atoms with E-state index in [9.17, 15) is 4.79 Å². The SMILES string of the molecule is CCOC(=O)Nc1c(OC)cc(Cl)cc1OC. The van der Waals surface area contributed by atoms with Crippen LogP contribution < -0.4 is 14.8 Å². The van der Waals surface area contributed by atoms with E-state index < -0.39 is 6.09 Å². The third kappa shape index (κ3) is 3.42. The molecule has 5 nitrogen and oxygen atoms in total. The molecule has 0 aliphatic heterocycles. The first-order valence-electron chi connectivity index (χ1n) is 4.97. The zero-order valence-corrected chi connectivity index (χ0v) is 10.6. The van der Waals surface area contributed by atoms with E-state index >= 15 is 0 Å². The van der Waals surface area contributed by atoms with E-state index in [0.29, 0.717) is 22.2 Å². The molecule has 0 saturated carbocycles. The van der Waals surface area contributed by atoms with Crippen LogP contribution in [0.25, 0.3) is 0 Å². The van der Waals surface area contributed by atoms with E-state index in [1.165, 1.54) is 14.2 Å². The van der Waals surface area contributed by atoms with Gasteiger partial charge in [-0.15, -0.1) is 0 Å². The Morgan fingerprint density at radius 3 is 2.24 bits per heavy atom. The largest absolute Gasteiger partial charge is 0.494 e. The molecule has 17 heavy (non-hydrogen) atoms. The van der Waals surface area contributed by atoms with E-state index in [-0.39, 0.29) is 6.61 Å². The number of benzene rings is 1. The lowest BCUT2D eigenvalue weighted by molar-refractivity contribution is 0.167. The Labute approximate surface area is 105 Å². The van der Waals surface area contributed by atoms with Gasteiger partial charge in [0, 0.05) is 17.2 Å². The molecular weight excluding hydrogens is 246 g/mol. The molecule has 6 heteroatoms. The molecule has 1 rings (SSSR count). The molecule has 0 heterocycles. The lowest BCUT2D eigenvalue weighted by Crippen LogP contribution is -2.14. The van der Waals surface area contributed by atoms with Crippen molar-refractivity contribution in [3.05, 3.63) is 17.2 Å². The van der Waals surface area contributed by atoms with E-state index in [1.807, 2.05) is 0 Å². The Hall–Kier alpha value is -1.62. The van der Waals surface area contributed by atoms with Crippen molar-refractivity contribution in [1.82, 2.24) is 0 Å². The highest BCUT2D eigenvalue weighted by Gasteiger charge is 2.15. The van der Waals surface area contributed by atoms with Crippen molar-refractivity contribution < 1.29 is 19.0 Å². The number of hydrogen-bond acceptors (Lipinski definition) is 4. The second kappa shape index (κ2) is 6.20. The van der Waals surface area contributed by atoms with Gasteiger partial charge in [-0.1, -0.05) is 11.6 Å². The van der Waals surface area contributed by atoms with Crippen LogP contribution >= 0.6 is 11.6 Å².